The third-order valence-electron chi connectivity index (χ3n) is 1.53. The molecule has 0 spiro atoms. The number of hydrogen-bond donors (Lipinski definition) is 0. The van der Waals surface area contributed by atoms with Gasteiger partial charge in [0.2, 0.25) is 0 Å². The maximum Gasteiger partial charge on any atom is 0.373 e. The summed E-state index contributed by atoms with van der Waals surface area (Å²) < 4.78 is 5.60. The Bertz CT molecular complexity index is 338. The number of carbonyl (C=O) groups is 1. The summed E-state index contributed by atoms with van der Waals surface area (Å²) in [6.07, 6.45) is 1.83. The minimum atomic E-state index is -0.349. The van der Waals surface area contributed by atoms with Gasteiger partial charge in [0.05, 0.1) is 0 Å². The fourth-order valence-electron chi connectivity index (χ4n) is 0.856. The van der Waals surface area contributed by atoms with Gasteiger partial charge in [-0.25, -0.2) is 4.79 Å². The highest BCUT2D eigenvalue weighted by Gasteiger charge is 2.07. The van der Waals surface area contributed by atoms with Crippen molar-refractivity contribution in [1.29, 1.82) is 0 Å². The molecule has 0 unspecified atom stereocenters. The molecule has 15 heavy (non-hydrogen) atoms. The van der Waals surface area contributed by atoms with Crippen LogP contribution in [0.3, 0.4) is 0 Å². The average Bonchev–Trinajstić information content (AvgIpc) is 2.27. The maximum atomic E-state index is 11.2. The maximum absolute atomic E-state index is 11.2. The summed E-state index contributed by atoms with van der Waals surface area (Å²) in [5.74, 6) is 0. The molecule has 80 valence electrons. The number of rotatable bonds is 2. The van der Waals surface area contributed by atoms with Crippen LogP contribution in [0.4, 0.5) is 4.79 Å². The lowest BCUT2D eigenvalue weighted by Gasteiger charge is -2.03. The van der Waals surface area contributed by atoms with Crippen LogP contribution >= 0.6 is 35.7 Å². The molecular formula is C10H10O2S3. The first-order valence-electron chi connectivity index (χ1n) is 4.19. The van der Waals surface area contributed by atoms with Crippen LogP contribution in [0.5, 0.6) is 0 Å². The smallest absolute Gasteiger partial charge is 0.373 e. The number of thioether (sulfide) groups is 2. The fourth-order valence-corrected chi connectivity index (χ4v) is 1.85. The summed E-state index contributed by atoms with van der Waals surface area (Å²) >= 11 is 7.21. The molecule has 0 amide bonds. The van der Waals surface area contributed by atoms with Gasteiger partial charge < -0.3 is 4.74 Å². The van der Waals surface area contributed by atoms with E-state index in [2.05, 4.69) is 0 Å². The van der Waals surface area contributed by atoms with Crippen LogP contribution in [0.1, 0.15) is 5.56 Å². The number of carbonyl (C=O) groups excluding carboxylic acids is 1. The number of ether oxygens (including phenoxy) is 1. The van der Waals surface area contributed by atoms with E-state index < -0.39 is 0 Å². The Morgan fingerprint density at radius 1 is 1.40 bits per heavy atom. The summed E-state index contributed by atoms with van der Waals surface area (Å²) in [4.78, 5) is 11.2. The molecule has 0 saturated heterocycles. The van der Waals surface area contributed by atoms with Gasteiger partial charge in [-0.15, -0.1) is 11.8 Å². The number of hydrogen-bond acceptors (Lipinski definition) is 5. The molecular weight excluding hydrogens is 248 g/mol. The summed E-state index contributed by atoms with van der Waals surface area (Å²) in [6, 6.07) is 9.55. The predicted molar refractivity (Wildman–Crippen MR) is 70.3 cm³/mol. The topological polar surface area (TPSA) is 26.3 Å². The van der Waals surface area contributed by atoms with Crippen LogP contribution in [-0.2, 0) is 11.3 Å². The van der Waals surface area contributed by atoms with Gasteiger partial charge in [-0.1, -0.05) is 42.5 Å². The predicted octanol–water partition coefficient (Wildman–Crippen LogP) is 3.70. The molecule has 0 fully saturated rings. The molecule has 0 aliphatic heterocycles. The molecule has 0 radical (unpaired) electrons. The van der Waals surface area contributed by atoms with E-state index in [1.54, 1.807) is 0 Å². The Morgan fingerprint density at radius 2 is 2.07 bits per heavy atom. The second kappa shape index (κ2) is 6.87. The molecule has 1 aromatic rings. The van der Waals surface area contributed by atoms with Crippen molar-refractivity contribution in [1.82, 2.24) is 0 Å². The van der Waals surface area contributed by atoms with Crippen molar-refractivity contribution in [3.05, 3.63) is 35.9 Å². The summed E-state index contributed by atoms with van der Waals surface area (Å²) in [6.45, 7) is 0.295. The van der Waals surface area contributed by atoms with Crippen LogP contribution in [0.15, 0.2) is 30.3 Å². The molecule has 0 N–H and O–H groups in total. The summed E-state index contributed by atoms with van der Waals surface area (Å²) in [5, 5.41) is -0.349. The van der Waals surface area contributed by atoms with Gasteiger partial charge in [-0.3, -0.25) is 0 Å². The zero-order chi connectivity index (χ0) is 11.1. The Morgan fingerprint density at radius 3 is 2.67 bits per heavy atom. The molecule has 0 aliphatic rings. The minimum absolute atomic E-state index is 0.295. The van der Waals surface area contributed by atoms with E-state index in [0.29, 0.717) is 10.1 Å². The molecule has 1 rings (SSSR count). The Balaban J connectivity index is 2.32. The first-order valence-corrected chi connectivity index (χ1v) is 6.64. The van der Waals surface area contributed by atoms with Crippen LogP contribution < -0.4 is 0 Å². The van der Waals surface area contributed by atoms with Crippen LogP contribution in [0.2, 0.25) is 0 Å². The molecule has 2 nitrogen and oxygen atoms in total. The molecule has 5 heteroatoms. The van der Waals surface area contributed by atoms with Gasteiger partial charge >= 0.3 is 5.30 Å². The van der Waals surface area contributed by atoms with E-state index >= 15 is 0 Å². The van der Waals surface area contributed by atoms with E-state index in [0.717, 1.165) is 17.3 Å². The largest absolute Gasteiger partial charge is 0.452 e. The number of thiocarbonyl (C=S) groups is 1. The van der Waals surface area contributed by atoms with Crippen molar-refractivity contribution in [2.24, 2.45) is 0 Å². The van der Waals surface area contributed by atoms with Crippen molar-refractivity contribution >= 4 is 44.6 Å². The van der Waals surface area contributed by atoms with Crippen LogP contribution in [-0.4, -0.2) is 15.1 Å². The third-order valence-corrected chi connectivity index (χ3v) is 3.82. The first-order chi connectivity index (χ1) is 7.22. The highest BCUT2D eigenvalue weighted by atomic mass is 32.2. The molecule has 0 aliphatic carbocycles. The molecule has 0 bridgehead atoms. The first kappa shape index (κ1) is 12.5. The second-order valence-corrected chi connectivity index (χ2v) is 5.53. The van der Waals surface area contributed by atoms with Crippen molar-refractivity contribution in [3.8, 4) is 0 Å². The fraction of sp³-hybridized carbons (Fsp3) is 0.200. The summed E-state index contributed by atoms with van der Waals surface area (Å²) in [7, 11) is 0. The third kappa shape index (κ3) is 5.20. The highest BCUT2D eigenvalue weighted by molar-refractivity contribution is 8.51. The standard InChI is InChI=1S/C10H10O2S3/c1-14-10(13)15-9(11)12-7-8-5-3-2-4-6-8/h2-6H,7H2,1H3. The number of benzene rings is 1. The quantitative estimate of drug-likeness (QED) is 0.595. The summed E-state index contributed by atoms with van der Waals surface area (Å²) in [5.41, 5.74) is 0.974. The Kier molecular flexibility index (Phi) is 5.75. The van der Waals surface area contributed by atoms with E-state index in [1.807, 2.05) is 36.6 Å². The zero-order valence-corrected chi connectivity index (χ0v) is 10.6. The normalized spacial score (nSPS) is 9.67. The van der Waals surface area contributed by atoms with Gasteiger partial charge in [-0.05, 0) is 11.8 Å². The molecule has 0 atom stereocenters. The molecule has 0 aromatic heterocycles. The Hall–Kier alpha value is -0.520. The van der Waals surface area contributed by atoms with Crippen LogP contribution in [0, 0.1) is 0 Å². The van der Waals surface area contributed by atoms with Gasteiger partial charge in [0.25, 0.3) is 0 Å². The highest BCUT2D eigenvalue weighted by Crippen LogP contribution is 2.17. The van der Waals surface area contributed by atoms with Gasteiger partial charge in [-0.2, -0.15) is 0 Å². The van der Waals surface area contributed by atoms with Gasteiger partial charge in [0.15, 0.2) is 0 Å². The lowest BCUT2D eigenvalue weighted by molar-refractivity contribution is 0.169. The SMILES string of the molecule is CSC(=S)SC(=O)OCc1ccccc1. The Labute approximate surface area is 103 Å². The van der Waals surface area contributed by atoms with Crippen LogP contribution in [0.25, 0.3) is 0 Å². The van der Waals surface area contributed by atoms with E-state index in [1.165, 1.54) is 11.8 Å². The zero-order valence-electron chi connectivity index (χ0n) is 8.14. The minimum Gasteiger partial charge on any atom is -0.452 e. The molecule has 0 saturated carbocycles. The lowest BCUT2D eigenvalue weighted by Crippen LogP contribution is -1.99. The van der Waals surface area contributed by atoms with Crippen molar-refractivity contribution in [3.63, 3.8) is 0 Å². The second-order valence-electron chi connectivity index (χ2n) is 2.58. The van der Waals surface area contributed by atoms with Crippen molar-refractivity contribution in [2.45, 2.75) is 6.61 Å². The van der Waals surface area contributed by atoms with E-state index in [4.69, 9.17) is 17.0 Å². The monoisotopic (exact) mass is 258 g/mol. The molecule has 1 aromatic carbocycles. The van der Waals surface area contributed by atoms with Crippen molar-refractivity contribution in [2.75, 3.05) is 6.26 Å². The lowest BCUT2D eigenvalue weighted by atomic mass is 10.2. The van der Waals surface area contributed by atoms with E-state index in [-0.39, 0.29) is 5.30 Å². The average molecular weight is 258 g/mol. The molecule has 0 heterocycles. The van der Waals surface area contributed by atoms with Gasteiger partial charge in [0.1, 0.15) is 10.1 Å². The van der Waals surface area contributed by atoms with Crippen molar-refractivity contribution < 1.29 is 9.53 Å². The van der Waals surface area contributed by atoms with Gasteiger partial charge in [0, 0.05) is 11.8 Å². The van der Waals surface area contributed by atoms with E-state index in [9.17, 15) is 4.79 Å².